The van der Waals surface area contributed by atoms with Crippen molar-refractivity contribution in [1.82, 2.24) is 19.7 Å². The SMILES string of the molecule is CC(C)Cn1cnnc1[C@@H]1CCCN1c1nc(C(F)(F)F)cs1. The maximum atomic E-state index is 12.8. The van der Waals surface area contributed by atoms with Gasteiger partial charge in [0.2, 0.25) is 0 Å². The van der Waals surface area contributed by atoms with E-state index in [1.54, 1.807) is 6.33 Å². The third kappa shape index (κ3) is 3.34. The van der Waals surface area contributed by atoms with Gasteiger partial charge in [-0.15, -0.1) is 21.5 Å². The van der Waals surface area contributed by atoms with Crippen LogP contribution in [0.1, 0.15) is 44.2 Å². The Morgan fingerprint density at radius 1 is 1.39 bits per heavy atom. The summed E-state index contributed by atoms with van der Waals surface area (Å²) in [6, 6.07) is -0.0662. The van der Waals surface area contributed by atoms with E-state index in [2.05, 4.69) is 29.0 Å². The van der Waals surface area contributed by atoms with Crippen LogP contribution in [0.3, 0.4) is 0 Å². The van der Waals surface area contributed by atoms with Crippen LogP contribution in [0, 0.1) is 5.92 Å². The van der Waals surface area contributed by atoms with Gasteiger partial charge >= 0.3 is 6.18 Å². The smallest absolute Gasteiger partial charge is 0.338 e. The average molecular weight is 345 g/mol. The summed E-state index contributed by atoms with van der Waals surface area (Å²) in [5, 5.41) is 9.66. The molecule has 1 saturated heterocycles. The number of rotatable bonds is 4. The highest BCUT2D eigenvalue weighted by Crippen LogP contribution is 2.39. The van der Waals surface area contributed by atoms with Gasteiger partial charge in [0.05, 0.1) is 6.04 Å². The topological polar surface area (TPSA) is 46.8 Å². The van der Waals surface area contributed by atoms with Crippen LogP contribution >= 0.6 is 11.3 Å². The van der Waals surface area contributed by atoms with E-state index in [-0.39, 0.29) is 6.04 Å². The van der Waals surface area contributed by atoms with E-state index >= 15 is 0 Å². The number of thiazole rings is 1. The van der Waals surface area contributed by atoms with Gasteiger partial charge in [0.1, 0.15) is 6.33 Å². The number of hydrogen-bond donors (Lipinski definition) is 0. The molecule has 3 rings (SSSR count). The average Bonchev–Trinajstić information content (AvgIpc) is 3.16. The molecule has 0 unspecified atom stereocenters. The van der Waals surface area contributed by atoms with Gasteiger partial charge in [-0.05, 0) is 18.8 Å². The van der Waals surface area contributed by atoms with Crippen molar-refractivity contribution in [2.45, 2.75) is 45.5 Å². The zero-order valence-electron chi connectivity index (χ0n) is 12.9. The van der Waals surface area contributed by atoms with Crippen LogP contribution in [0.15, 0.2) is 11.7 Å². The molecule has 5 nitrogen and oxygen atoms in total. The largest absolute Gasteiger partial charge is 0.434 e. The van der Waals surface area contributed by atoms with Gasteiger partial charge in [0, 0.05) is 18.5 Å². The Hall–Kier alpha value is -1.64. The van der Waals surface area contributed by atoms with Crippen LogP contribution in [0.25, 0.3) is 0 Å². The lowest BCUT2D eigenvalue weighted by atomic mass is 10.2. The second kappa shape index (κ2) is 6.10. The van der Waals surface area contributed by atoms with Gasteiger partial charge in [-0.3, -0.25) is 0 Å². The maximum Gasteiger partial charge on any atom is 0.434 e. The number of halogens is 3. The van der Waals surface area contributed by atoms with Crippen molar-refractivity contribution in [3.05, 3.63) is 23.2 Å². The van der Waals surface area contributed by atoms with Crippen LogP contribution in [-0.2, 0) is 12.7 Å². The Balaban J connectivity index is 1.86. The van der Waals surface area contributed by atoms with E-state index in [1.807, 2.05) is 9.47 Å². The monoisotopic (exact) mass is 345 g/mol. The van der Waals surface area contributed by atoms with Crippen molar-refractivity contribution < 1.29 is 13.2 Å². The molecule has 2 aromatic rings. The predicted octanol–water partition coefficient (Wildman–Crippen LogP) is 3.75. The van der Waals surface area contributed by atoms with E-state index in [1.165, 1.54) is 0 Å². The summed E-state index contributed by atoms with van der Waals surface area (Å²) in [7, 11) is 0. The first-order valence-electron chi connectivity index (χ1n) is 7.53. The molecule has 1 aliphatic rings. The normalized spacial score (nSPS) is 19.0. The molecule has 2 aromatic heterocycles. The summed E-state index contributed by atoms with van der Waals surface area (Å²) in [6.45, 7) is 5.68. The summed E-state index contributed by atoms with van der Waals surface area (Å²) in [5.41, 5.74) is -0.827. The number of anilines is 1. The molecule has 1 aliphatic heterocycles. The lowest BCUT2D eigenvalue weighted by Crippen LogP contribution is -2.26. The highest BCUT2D eigenvalue weighted by Gasteiger charge is 2.37. The third-order valence-corrected chi connectivity index (χ3v) is 4.66. The fourth-order valence-corrected chi connectivity index (χ4v) is 3.75. The highest BCUT2D eigenvalue weighted by atomic mass is 32.1. The minimum absolute atomic E-state index is 0.0662. The quantitative estimate of drug-likeness (QED) is 0.847. The fraction of sp³-hybridized carbons (Fsp3) is 0.643. The molecule has 0 spiro atoms. The maximum absolute atomic E-state index is 12.8. The molecular formula is C14H18F3N5S. The first-order chi connectivity index (χ1) is 10.9. The molecule has 0 saturated carbocycles. The lowest BCUT2D eigenvalue weighted by Gasteiger charge is -2.24. The summed E-state index contributed by atoms with van der Waals surface area (Å²) < 4.78 is 40.3. The second-order valence-electron chi connectivity index (χ2n) is 6.10. The molecule has 126 valence electrons. The Kier molecular flexibility index (Phi) is 4.31. The number of hydrogen-bond acceptors (Lipinski definition) is 5. The summed E-state index contributed by atoms with van der Waals surface area (Å²) in [5.74, 6) is 1.25. The summed E-state index contributed by atoms with van der Waals surface area (Å²) in [6.07, 6.45) is -0.964. The van der Waals surface area contributed by atoms with Crippen LogP contribution in [-0.4, -0.2) is 26.3 Å². The van der Waals surface area contributed by atoms with Crippen LogP contribution < -0.4 is 4.90 Å². The molecule has 9 heteroatoms. The van der Waals surface area contributed by atoms with Gasteiger partial charge < -0.3 is 9.47 Å². The van der Waals surface area contributed by atoms with Crippen molar-refractivity contribution in [1.29, 1.82) is 0 Å². The van der Waals surface area contributed by atoms with E-state index in [4.69, 9.17) is 0 Å². The minimum atomic E-state index is -4.40. The van der Waals surface area contributed by atoms with E-state index in [9.17, 15) is 13.2 Å². The highest BCUT2D eigenvalue weighted by molar-refractivity contribution is 7.13. The molecule has 1 fully saturated rings. The molecular weight excluding hydrogens is 327 g/mol. The first-order valence-corrected chi connectivity index (χ1v) is 8.41. The summed E-state index contributed by atoms with van der Waals surface area (Å²) in [4.78, 5) is 5.69. The molecule has 0 amide bonds. The van der Waals surface area contributed by atoms with E-state index < -0.39 is 11.9 Å². The molecule has 0 radical (unpaired) electrons. The predicted molar refractivity (Wildman–Crippen MR) is 81.3 cm³/mol. The minimum Gasteiger partial charge on any atom is -0.338 e. The van der Waals surface area contributed by atoms with E-state index in [0.29, 0.717) is 17.6 Å². The van der Waals surface area contributed by atoms with Crippen LogP contribution in [0.5, 0.6) is 0 Å². The fourth-order valence-electron chi connectivity index (χ4n) is 2.85. The van der Waals surface area contributed by atoms with Crippen LogP contribution in [0.4, 0.5) is 18.3 Å². The third-order valence-electron chi connectivity index (χ3n) is 3.79. The molecule has 0 aliphatic carbocycles. The zero-order chi connectivity index (χ0) is 16.6. The lowest BCUT2D eigenvalue weighted by molar-refractivity contribution is -0.140. The number of alkyl halides is 3. The molecule has 1 atom stereocenters. The first kappa shape index (κ1) is 16.2. The van der Waals surface area contributed by atoms with Gasteiger partial charge in [-0.1, -0.05) is 13.8 Å². The van der Waals surface area contributed by atoms with Crippen molar-refractivity contribution >= 4 is 16.5 Å². The van der Waals surface area contributed by atoms with Gasteiger partial charge in [-0.25, -0.2) is 4.98 Å². The van der Waals surface area contributed by atoms with Crippen molar-refractivity contribution in [3.8, 4) is 0 Å². The molecule has 0 bridgehead atoms. The van der Waals surface area contributed by atoms with Crippen LogP contribution in [0.2, 0.25) is 0 Å². The Morgan fingerprint density at radius 2 is 2.17 bits per heavy atom. The molecule has 0 aromatic carbocycles. The van der Waals surface area contributed by atoms with Gasteiger partial charge in [0.25, 0.3) is 0 Å². The molecule has 3 heterocycles. The van der Waals surface area contributed by atoms with E-state index in [0.717, 1.165) is 41.9 Å². The Bertz CT molecular complexity index is 663. The van der Waals surface area contributed by atoms with Gasteiger partial charge in [0.15, 0.2) is 16.6 Å². The Labute approximate surface area is 136 Å². The number of aromatic nitrogens is 4. The van der Waals surface area contributed by atoms with Crippen molar-refractivity contribution in [3.63, 3.8) is 0 Å². The summed E-state index contributed by atoms with van der Waals surface area (Å²) >= 11 is 1.03. The number of nitrogens with zero attached hydrogens (tertiary/aromatic N) is 5. The molecule has 0 N–H and O–H groups in total. The standard InChI is InChI=1S/C14H18F3N5S/c1-9(2)6-21-8-18-20-12(21)10-4-3-5-22(10)13-19-11(7-23-13)14(15,16)17/h7-10H,3-6H2,1-2H3/t10-/m0/s1. The Morgan fingerprint density at radius 3 is 2.83 bits per heavy atom. The zero-order valence-corrected chi connectivity index (χ0v) is 13.7. The van der Waals surface area contributed by atoms with Gasteiger partial charge in [-0.2, -0.15) is 13.2 Å². The second-order valence-corrected chi connectivity index (χ2v) is 6.94. The molecule has 23 heavy (non-hydrogen) atoms. The van der Waals surface area contributed by atoms with Crippen molar-refractivity contribution in [2.24, 2.45) is 5.92 Å². The van der Waals surface area contributed by atoms with Crippen molar-refractivity contribution in [2.75, 3.05) is 11.4 Å².